The van der Waals surface area contributed by atoms with Gasteiger partial charge in [-0.3, -0.25) is 4.79 Å². The molecule has 0 amide bonds. The number of aromatic nitrogens is 4. The Hall–Kier alpha value is -2.84. The molecule has 6 nitrogen and oxygen atoms in total. The number of halogens is 2. The van der Waals surface area contributed by atoms with Gasteiger partial charge in [0.1, 0.15) is 18.2 Å². The molecule has 2 aromatic heterocycles. The molecular weight excluding hydrogens is 427 g/mol. The number of aromatic amines is 1. The predicted molar refractivity (Wildman–Crippen MR) is 116 cm³/mol. The zero-order valence-corrected chi connectivity index (χ0v) is 17.6. The van der Waals surface area contributed by atoms with E-state index in [4.69, 9.17) is 16.3 Å². The second-order valence-electron chi connectivity index (χ2n) is 6.50. The van der Waals surface area contributed by atoms with Crippen LogP contribution in [0.4, 0.5) is 4.39 Å². The maximum atomic E-state index is 13.4. The highest BCUT2D eigenvalue weighted by atomic mass is 35.5. The van der Waals surface area contributed by atoms with E-state index in [9.17, 15) is 9.18 Å². The molecule has 4 aromatic rings. The minimum absolute atomic E-state index is 0.218. The van der Waals surface area contributed by atoms with E-state index >= 15 is 0 Å². The Morgan fingerprint density at radius 1 is 1.20 bits per heavy atom. The molecule has 0 saturated heterocycles. The number of fused-ring (bicyclic) bond motifs is 1. The topological polar surface area (TPSA) is 72.8 Å². The van der Waals surface area contributed by atoms with Gasteiger partial charge < -0.3 is 14.3 Å². The number of hydrogen-bond donors (Lipinski definition) is 1. The molecule has 4 rings (SSSR count). The summed E-state index contributed by atoms with van der Waals surface area (Å²) in [6.07, 6.45) is 0. The zero-order chi connectivity index (χ0) is 21.1. The summed E-state index contributed by atoms with van der Waals surface area (Å²) in [7, 11) is 0. The van der Waals surface area contributed by atoms with Crippen LogP contribution in [-0.2, 0) is 18.9 Å². The highest BCUT2D eigenvalue weighted by Gasteiger charge is 2.13. The largest absolute Gasteiger partial charge is 0.484 e. The Kier molecular flexibility index (Phi) is 6.06. The SMILES string of the molecule is CCn1c(COc2ccccc2Cl)nnc1SCc1cc(=O)c2cc(F)ccc2[nH]1. The predicted octanol–water partition coefficient (Wildman–Crippen LogP) is 4.80. The van der Waals surface area contributed by atoms with Gasteiger partial charge in [-0.1, -0.05) is 35.5 Å². The van der Waals surface area contributed by atoms with Crippen molar-refractivity contribution in [3.05, 3.63) is 81.1 Å². The standard InChI is InChI=1S/C21H18ClFN4O2S/c1-2-27-20(11-29-19-6-4-3-5-16(19)22)25-26-21(27)30-12-14-10-18(28)15-9-13(23)7-8-17(15)24-14/h3-10H,2,11-12H2,1H3,(H,24,28). The van der Waals surface area contributed by atoms with Gasteiger partial charge in [0.15, 0.2) is 16.4 Å². The van der Waals surface area contributed by atoms with Gasteiger partial charge in [0.25, 0.3) is 0 Å². The van der Waals surface area contributed by atoms with Crippen molar-refractivity contribution in [1.29, 1.82) is 0 Å². The third kappa shape index (κ3) is 4.34. The van der Waals surface area contributed by atoms with Crippen molar-refractivity contribution in [1.82, 2.24) is 19.7 Å². The summed E-state index contributed by atoms with van der Waals surface area (Å²) in [6, 6.07) is 12.9. The third-order valence-electron chi connectivity index (χ3n) is 4.51. The number of nitrogens with zero attached hydrogens (tertiary/aromatic N) is 3. The van der Waals surface area contributed by atoms with E-state index in [-0.39, 0.29) is 12.0 Å². The number of rotatable bonds is 7. The summed E-state index contributed by atoms with van der Waals surface area (Å²) < 4.78 is 21.1. The number of pyridine rings is 1. The van der Waals surface area contributed by atoms with Gasteiger partial charge in [-0.05, 0) is 37.3 Å². The maximum absolute atomic E-state index is 13.4. The fourth-order valence-corrected chi connectivity index (χ4v) is 4.17. The van der Waals surface area contributed by atoms with Gasteiger partial charge in [-0.15, -0.1) is 10.2 Å². The molecule has 154 valence electrons. The van der Waals surface area contributed by atoms with Crippen LogP contribution in [0, 0.1) is 5.82 Å². The van der Waals surface area contributed by atoms with E-state index in [1.54, 1.807) is 18.2 Å². The minimum Gasteiger partial charge on any atom is -0.484 e. The average Bonchev–Trinajstić information content (AvgIpc) is 3.14. The maximum Gasteiger partial charge on any atom is 0.191 e. The minimum atomic E-state index is -0.433. The number of thioether (sulfide) groups is 1. The summed E-state index contributed by atoms with van der Waals surface area (Å²) in [5.74, 6) is 1.33. The molecule has 0 aliphatic rings. The van der Waals surface area contributed by atoms with Gasteiger partial charge in [0.05, 0.1) is 5.02 Å². The Bertz CT molecular complexity index is 1260. The molecule has 0 spiro atoms. The monoisotopic (exact) mass is 444 g/mol. The lowest BCUT2D eigenvalue weighted by atomic mass is 10.2. The molecule has 0 aliphatic carbocycles. The van der Waals surface area contributed by atoms with Crippen molar-refractivity contribution in [2.24, 2.45) is 0 Å². The van der Waals surface area contributed by atoms with Gasteiger partial charge in [-0.25, -0.2) is 4.39 Å². The number of H-pyrrole nitrogens is 1. The van der Waals surface area contributed by atoms with E-state index in [1.165, 1.54) is 30.0 Å². The summed E-state index contributed by atoms with van der Waals surface area (Å²) in [5, 5.41) is 10.1. The average molecular weight is 445 g/mol. The van der Waals surface area contributed by atoms with Crippen molar-refractivity contribution in [3.63, 3.8) is 0 Å². The molecule has 0 saturated carbocycles. The van der Waals surface area contributed by atoms with Crippen LogP contribution >= 0.6 is 23.4 Å². The Morgan fingerprint density at radius 3 is 2.83 bits per heavy atom. The Labute approximate surface area is 181 Å². The Balaban J connectivity index is 1.49. The normalized spacial score (nSPS) is 11.2. The molecule has 2 aromatic carbocycles. The lowest BCUT2D eigenvalue weighted by molar-refractivity contribution is 0.288. The quantitative estimate of drug-likeness (QED) is 0.414. The first kappa shape index (κ1) is 20.4. The van der Waals surface area contributed by atoms with Crippen LogP contribution in [0.1, 0.15) is 18.4 Å². The number of benzene rings is 2. The van der Waals surface area contributed by atoms with E-state index in [0.717, 1.165) is 10.9 Å². The van der Waals surface area contributed by atoms with E-state index in [0.29, 0.717) is 39.8 Å². The van der Waals surface area contributed by atoms with Crippen molar-refractivity contribution in [2.45, 2.75) is 31.0 Å². The second-order valence-corrected chi connectivity index (χ2v) is 7.85. The molecule has 30 heavy (non-hydrogen) atoms. The highest BCUT2D eigenvalue weighted by Crippen LogP contribution is 2.25. The van der Waals surface area contributed by atoms with Crippen LogP contribution in [0.5, 0.6) is 5.75 Å². The van der Waals surface area contributed by atoms with Crippen LogP contribution in [0.15, 0.2) is 58.5 Å². The van der Waals surface area contributed by atoms with Crippen LogP contribution < -0.4 is 10.2 Å². The molecule has 1 N–H and O–H groups in total. The fraction of sp³-hybridized carbons (Fsp3) is 0.190. The number of para-hydroxylation sites is 1. The van der Waals surface area contributed by atoms with Gasteiger partial charge in [-0.2, -0.15) is 0 Å². The molecule has 2 heterocycles. The molecule has 0 aliphatic heterocycles. The second kappa shape index (κ2) is 8.89. The molecule has 0 unspecified atom stereocenters. The Morgan fingerprint density at radius 2 is 2.03 bits per heavy atom. The molecule has 9 heteroatoms. The van der Waals surface area contributed by atoms with Crippen LogP contribution in [0.2, 0.25) is 5.02 Å². The van der Waals surface area contributed by atoms with Gasteiger partial charge in [0, 0.05) is 35.0 Å². The molecule has 0 fully saturated rings. The summed E-state index contributed by atoms with van der Waals surface area (Å²) in [4.78, 5) is 15.5. The first-order chi connectivity index (χ1) is 14.5. The van der Waals surface area contributed by atoms with Crippen molar-refractivity contribution < 1.29 is 9.13 Å². The fourth-order valence-electron chi connectivity index (χ4n) is 3.05. The smallest absolute Gasteiger partial charge is 0.191 e. The lowest BCUT2D eigenvalue weighted by Crippen LogP contribution is -2.08. The molecular formula is C21H18ClFN4O2S. The van der Waals surface area contributed by atoms with E-state index < -0.39 is 5.82 Å². The van der Waals surface area contributed by atoms with E-state index in [2.05, 4.69) is 15.2 Å². The number of nitrogens with one attached hydrogen (secondary N) is 1. The zero-order valence-electron chi connectivity index (χ0n) is 16.1. The van der Waals surface area contributed by atoms with Crippen molar-refractivity contribution in [2.75, 3.05) is 0 Å². The van der Waals surface area contributed by atoms with Crippen LogP contribution in [0.3, 0.4) is 0 Å². The third-order valence-corrected chi connectivity index (χ3v) is 5.84. The van der Waals surface area contributed by atoms with Gasteiger partial charge >= 0.3 is 0 Å². The summed E-state index contributed by atoms with van der Waals surface area (Å²) in [6.45, 7) is 2.91. The van der Waals surface area contributed by atoms with Gasteiger partial charge in [0.2, 0.25) is 0 Å². The summed E-state index contributed by atoms with van der Waals surface area (Å²) >= 11 is 7.58. The number of hydrogen-bond acceptors (Lipinski definition) is 5. The van der Waals surface area contributed by atoms with E-state index in [1.807, 2.05) is 23.6 Å². The summed E-state index contributed by atoms with van der Waals surface area (Å²) in [5.41, 5.74) is 1.11. The molecule has 0 bridgehead atoms. The number of ether oxygens (including phenoxy) is 1. The first-order valence-corrected chi connectivity index (χ1v) is 10.6. The first-order valence-electron chi connectivity index (χ1n) is 9.29. The van der Waals surface area contributed by atoms with Crippen molar-refractivity contribution in [3.8, 4) is 5.75 Å². The lowest BCUT2D eigenvalue weighted by Gasteiger charge is -2.10. The van der Waals surface area contributed by atoms with Crippen molar-refractivity contribution >= 4 is 34.3 Å². The molecule has 0 atom stereocenters. The van der Waals surface area contributed by atoms with Crippen LogP contribution in [0.25, 0.3) is 10.9 Å². The highest BCUT2D eigenvalue weighted by molar-refractivity contribution is 7.98. The van der Waals surface area contributed by atoms with Crippen LogP contribution in [-0.4, -0.2) is 19.7 Å². The molecule has 0 radical (unpaired) electrons.